The summed E-state index contributed by atoms with van der Waals surface area (Å²) in [6.07, 6.45) is 16.5. The van der Waals surface area contributed by atoms with Crippen LogP contribution in [-0.2, 0) is 0 Å². The van der Waals surface area contributed by atoms with Crippen LogP contribution in [0.5, 0.6) is 0 Å². The van der Waals surface area contributed by atoms with Crippen LogP contribution in [0, 0.1) is 0 Å². The Morgan fingerprint density at radius 2 is 1.67 bits per heavy atom. The zero-order valence-corrected chi connectivity index (χ0v) is 9.63. The predicted octanol–water partition coefficient (Wildman–Crippen LogP) is 3.19. The van der Waals surface area contributed by atoms with Gasteiger partial charge in [-0.1, -0.05) is 44.6 Å². The Balaban J connectivity index is 0.000000162. The molecule has 1 aliphatic carbocycles. The summed E-state index contributed by atoms with van der Waals surface area (Å²) in [6, 6.07) is 0. The number of hydrogen-bond acceptors (Lipinski definition) is 2. The van der Waals surface area contributed by atoms with Crippen LogP contribution in [0.15, 0.2) is 35.8 Å². The largest absolute Gasteiger partial charge is 0.397 e. The lowest BCUT2D eigenvalue weighted by atomic mass is 10.0. The number of rotatable bonds is 0. The molecule has 2 aliphatic rings. The third-order valence-corrected chi connectivity index (χ3v) is 2.71. The second-order valence-electron chi connectivity index (χ2n) is 3.95. The first kappa shape index (κ1) is 11.9. The first-order chi connectivity index (χ1) is 7.34. The molecule has 0 atom stereocenters. The summed E-state index contributed by atoms with van der Waals surface area (Å²) in [5.74, 6) is 0. The van der Waals surface area contributed by atoms with Crippen molar-refractivity contribution >= 4 is 0 Å². The fraction of sp³-hybridized carbons (Fsp3) is 0.538. The Morgan fingerprint density at radius 3 is 2.00 bits per heavy atom. The minimum Gasteiger partial charge on any atom is -0.397 e. The van der Waals surface area contributed by atoms with Gasteiger partial charge in [0, 0.05) is 6.20 Å². The number of hydrogen-bond donors (Lipinski definition) is 2. The molecule has 0 spiro atoms. The third-order valence-electron chi connectivity index (χ3n) is 2.71. The summed E-state index contributed by atoms with van der Waals surface area (Å²) in [7, 11) is 0. The average molecular weight is 206 g/mol. The van der Waals surface area contributed by atoms with Gasteiger partial charge in [0.05, 0.1) is 11.4 Å². The van der Waals surface area contributed by atoms with E-state index in [-0.39, 0.29) is 0 Å². The number of allylic oxidation sites excluding steroid dienone is 3. The van der Waals surface area contributed by atoms with Gasteiger partial charge >= 0.3 is 0 Å². The maximum atomic E-state index is 5.57. The maximum absolute atomic E-state index is 5.57. The standard InChI is InChI=1S/C7H10N2.C6H12/c1-2-7-6(8)4-3-5-9-7;1-2-4-6-5-3-1/h2-5,9H,8H2,1H3;1-6H2/b7-2-;. The summed E-state index contributed by atoms with van der Waals surface area (Å²) < 4.78 is 0. The Morgan fingerprint density at radius 1 is 1.13 bits per heavy atom. The van der Waals surface area contributed by atoms with Gasteiger partial charge in [0.2, 0.25) is 0 Å². The van der Waals surface area contributed by atoms with Gasteiger partial charge < -0.3 is 11.1 Å². The smallest absolute Gasteiger partial charge is 0.0570 e. The topological polar surface area (TPSA) is 38.0 Å². The van der Waals surface area contributed by atoms with Gasteiger partial charge in [0.1, 0.15) is 0 Å². The Labute approximate surface area is 92.9 Å². The Kier molecular flexibility index (Phi) is 5.67. The molecule has 1 aliphatic heterocycles. The molecule has 0 unspecified atom stereocenters. The van der Waals surface area contributed by atoms with Crippen molar-refractivity contribution < 1.29 is 0 Å². The highest BCUT2D eigenvalue weighted by Gasteiger charge is 1.97. The van der Waals surface area contributed by atoms with Gasteiger partial charge in [-0.25, -0.2) is 0 Å². The zero-order valence-electron chi connectivity index (χ0n) is 9.63. The molecule has 2 nitrogen and oxygen atoms in total. The van der Waals surface area contributed by atoms with E-state index in [1.165, 1.54) is 38.5 Å². The zero-order chi connectivity index (χ0) is 10.9. The minimum atomic E-state index is 0.792. The lowest BCUT2D eigenvalue weighted by Crippen LogP contribution is -2.15. The molecule has 0 amide bonds. The van der Waals surface area contributed by atoms with Crippen LogP contribution in [0.2, 0.25) is 0 Å². The monoisotopic (exact) mass is 206 g/mol. The van der Waals surface area contributed by atoms with Crippen molar-refractivity contribution in [3.63, 3.8) is 0 Å². The highest BCUT2D eigenvalue weighted by molar-refractivity contribution is 5.34. The summed E-state index contributed by atoms with van der Waals surface area (Å²) in [4.78, 5) is 0. The highest BCUT2D eigenvalue weighted by atomic mass is 14.9. The van der Waals surface area contributed by atoms with Crippen molar-refractivity contribution in [2.45, 2.75) is 45.4 Å². The van der Waals surface area contributed by atoms with E-state index in [0.717, 1.165) is 11.4 Å². The van der Waals surface area contributed by atoms with Crippen molar-refractivity contribution in [1.82, 2.24) is 5.32 Å². The van der Waals surface area contributed by atoms with Crippen molar-refractivity contribution in [2.24, 2.45) is 5.73 Å². The van der Waals surface area contributed by atoms with E-state index in [9.17, 15) is 0 Å². The molecule has 0 aromatic carbocycles. The van der Waals surface area contributed by atoms with Crippen LogP contribution in [-0.4, -0.2) is 0 Å². The minimum absolute atomic E-state index is 0.792. The van der Waals surface area contributed by atoms with Crippen LogP contribution in [0.4, 0.5) is 0 Å². The molecule has 0 saturated heterocycles. The lowest BCUT2D eigenvalue weighted by Gasteiger charge is -2.09. The predicted molar refractivity (Wildman–Crippen MR) is 66.0 cm³/mol. The van der Waals surface area contributed by atoms with Crippen LogP contribution >= 0.6 is 0 Å². The average Bonchev–Trinajstić information content (AvgIpc) is 2.33. The van der Waals surface area contributed by atoms with Gasteiger partial charge in [-0.15, -0.1) is 0 Å². The first-order valence-electron chi connectivity index (χ1n) is 5.90. The summed E-state index contributed by atoms with van der Waals surface area (Å²) in [5.41, 5.74) is 7.34. The molecule has 2 heteroatoms. The van der Waals surface area contributed by atoms with E-state index >= 15 is 0 Å². The summed E-state index contributed by atoms with van der Waals surface area (Å²) in [6.45, 7) is 1.95. The van der Waals surface area contributed by atoms with Gasteiger partial charge in [-0.05, 0) is 19.1 Å². The molecule has 2 rings (SSSR count). The van der Waals surface area contributed by atoms with Crippen molar-refractivity contribution in [2.75, 3.05) is 0 Å². The van der Waals surface area contributed by atoms with Crippen LogP contribution in [0.1, 0.15) is 45.4 Å². The second kappa shape index (κ2) is 7.16. The highest BCUT2D eigenvalue weighted by Crippen LogP contribution is 2.15. The molecule has 3 N–H and O–H groups in total. The fourth-order valence-electron chi connectivity index (χ4n) is 1.77. The van der Waals surface area contributed by atoms with Crippen molar-refractivity contribution in [1.29, 1.82) is 0 Å². The van der Waals surface area contributed by atoms with Gasteiger partial charge in [-0.2, -0.15) is 0 Å². The van der Waals surface area contributed by atoms with Crippen molar-refractivity contribution in [3.8, 4) is 0 Å². The molecule has 0 bridgehead atoms. The van der Waals surface area contributed by atoms with Gasteiger partial charge in [-0.3, -0.25) is 0 Å². The quantitative estimate of drug-likeness (QED) is 0.639. The van der Waals surface area contributed by atoms with Crippen molar-refractivity contribution in [3.05, 3.63) is 35.8 Å². The third kappa shape index (κ3) is 4.73. The van der Waals surface area contributed by atoms with Crippen LogP contribution in [0.25, 0.3) is 0 Å². The lowest BCUT2D eigenvalue weighted by molar-refractivity contribution is 0.504. The normalized spacial score (nSPS) is 22.5. The molecule has 84 valence electrons. The first-order valence-corrected chi connectivity index (χ1v) is 5.90. The van der Waals surface area contributed by atoms with Crippen LogP contribution < -0.4 is 11.1 Å². The van der Waals surface area contributed by atoms with Gasteiger partial charge in [0.15, 0.2) is 0 Å². The number of nitrogens with one attached hydrogen (secondary N) is 1. The molecule has 0 radical (unpaired) electrons. The van der Waals surface area contributed by atoms with E-state index < -0.39 is 0 Å². The Hall–Kier alpha value is -1.18. The summed E-state index contributed by atoms with van der Waals surface area (Å²) >= 11 is 0. The molecular formula is C13H22N2. The molecule has 1 fully saturated rings. The number of dihydropyridines is 1. The molecular weight excluding hydrogens is 184 g/mol. The summed E-state index contributed by atoms with van der Waals surface area (Å²) in [5, 5.41) is 3.01. The number of nitrogens with two attached hydrogens (primary N) is 1. The van der Waals surface area contributed by atoms with E-state index in [1.807, 2.05) is 31.4 Å². The molecule has 1 heterocycles. The van der Waals surface area contributed by atoms with E-state index in [4.69, 9.17) is 5.73 Å². The van der Waals surface area contributed by atoms with Gasteiger partial charge in [0.25, 0.3) is 0 Å². The molecule has 1 saturated carbocycles. The molecule has 15 heavy (non-hydrogen) atoms. The molecule has 0 aromatic rings. The maximum Gasteiger partial charge on any atom is 0.0570 e. The SMILES string of the molecule is C/C=C1\NC=CC=C1N.C1CCCCC1. The van der Waals surface area contributed by atoms with E-state index in [0.29, 0.717) is 0 Å². The Bertz CT molecular complexity index is 246. The van der Waals surface area contributed by atoms with E-state index in [1.54, 1.807) is 0 Å². The van der Waals surface area contributed by atoms with E-state index in [2.05, 4.69) is 5.32 Å². The van der Waals surface area contributed by atoms with Crippen LogP contribution in [0.3, 0.4) is 0 Å². The fourth-order valence-corrected chi connectivity index (χ4v) is 1.77. The second-order valence-corrected chi connectivity index (χ2v) is 3.95. The molecule has 0 aromatic heterocycles.